The Labute approximate surface area is 118 Å². The van der Waals surface area contributed by atoms with Gasteiger partial charge in [-0.05, 0) is 30.4 Å². The Hall–Kier alpha value is -2.04. The van der Waals surface area contributed by atoms with E-state index in [1.807, 2.05) is 19.1 Å². The molecule has 1 aliphatic rings. The van der Waals surface area contributed by atoms with Crippen molar-refractivity contribution in [2.24, 2.45) is 0 Å². The molecule has 1 aromatic carbocycles. The first-order chi connectivity index (χ1) is 9.58. The minimum atomic E-state index is -0.898. The summed E-state index contributed by atoms with van der Waals surface area (Å²) in [6.07, 6.45) is 2.22. The Morgan fingerprint density at radius 1 is 1.30 bits per heavy atom. The van der Waals surface area contributed by atoms with E-state index in [9.17, 15) is 9.59 Å². The first-order valence-corrected chi connectivity index (χ1v) is 6.94. The molecule has 2 rings (SSSR count). The lowest BCUT2D eigenvalue weighted by Gasteiger charge is -2.18. The molecule has 20 heavy (non-hydrogen) atoms. The van der Waals surface area contributed by atoms with E-state index in [1.165, 1.54) is 11.1 Å². The van der Waals surface area contributed by atoms with Crippen molar-refractivity contribution in [2.45, 2.75) is 44.7 Å². The third kappa shape index (κ3) is 3.73. The molecule has 0 saturated carbocycles. The Balaban J connectivity index is 1.83. The average Bonchev–Trinajstić information content (AvgIpc) is 2.79. The molecule has 0 saturated heterocycles. The number of carboxylic acids is 1. The fourth-order valence-electron chi connectivity index (χ4n) is 2.58. The molecule has 2 amide bonds. The van der Waals surface area contributed by atoms with E-state index in [1.54, 1.807) is 0 Å². The summed E-state index contributed by atoms with van der Waals surface area (Å²) in [6, 6.07) is 7.65. The number of amides is 2. The number of rotatable bonds is 5. The number of carbonyl (C=O) groups is 2. The van der Waals surface area contributed by atoms with Gasteiger partial charge in [0.2, 0.25) is 0 Å². The smallest absolute Gasteiger partial charge is 0.315 e. The van der Waals surface area contributed by atoms with Crippen molar-refractivity contribution in [1.82, 2.24) is 10.6 Å². The molecule has 0 aliphatic heterocycles. The zero-order chi connectivity index (χ0) is 14.5. The molecule has 1 aromatic rings. The number of benzene rings is 1. The standard InChI is InChI=1S/C15H20N2O3/c1-2-12(9-14(18)19)16-15(20)17-13-7-10-5-3-4-6-11(10)8-13/h3-6,12-13H,2,7-9H2,1H3,(H,18,19)(H2,16,17,20). The number of nitrogens with one attached hydrogen (secondary N) is 2. The molecular weight excluding hydrogens is 256 g/mol. The average molecular weight is 276 g/mol. The van der Waals surface area contributed by atoms with E-state index >= 15 is 0 Å². The number of hydrogen-bond acceptors (Lipinski definition) is 2. The van der Waals surface area contributed by atoms with Crippen LogP contribution in [0, 0.1) is 0 Å². The second kappa shape index (κ2) is 6.41. The first-order valence-electron chi connectivity index (χ1n) is 6.94. The van der Waals surface area contributed by atoms with Crippen LogP contribution in [-0.4, -0.2) is 29.2 Å². The molecule has 0 aromatic heterocycles. The molecule has 0 bridgehead atoms. The van der Waals surface area contributed by atoms with Crippen molar-refractivity contribution in [3.05, 3.63) is 35.4 Å². The highest BCUT2D eigenvalue weighted by Crippen LogP contribution is 2.21. The lowest BCUT2D eigenvalue weighted by atomic mass is 10.1. The van der Waals surface area contributed by atoms with E-state index in [0.29, 0.717) is 6.42 Å². The summed E-state index contributed by atoms with van der Waals surface area (Å²) >= 11 is 0. The van der Waals surface area contributed by atoms with E-state index < -0.39 is 5.97 Å². The van der Waals surface area contributed by atoms with Crippen LogP contribution < -0.4 is 10.6 Å². The van der Waals surface area contributed by atoms with Crippen LogP contribution in [0.4, 0.5) is 4.79 Å². The number of urea groups is 1. The number of aliphatic carboxylic acids is 1. The maximum Gasteiger partial charge on any atom is 0.315 e. The van der Waals surface area contributed by atoms with Crippen molar-refractivity contribution < 1.29 is 14.7 Å². The molecular formula is C15H20N2O3. The number of fused-ring (bicyclic) bond motifs is 1. The Bertz CT molecular complexity index is 477. The van der Waals surface area contributed by atoms with Crippen molar-refractivity contribution in [3.8, 4) is 0 Å². The Kier molecular flexibility index (Phi) is 4.61. The third-order valence-corrected chi connectivity index (χ3v) is 3.64. The maximum atomic E-state index is 11.9. The predicted molar refractivity (Wildman–Crippen MR) is 75.6 cm³/mol. The lowest BCUT2D eigenvalue weighted by Crippen LogP contribution is -2.47. The summed E-state index contributed by atoms with van der Waals surface area (Å²) in [5, 5.41) is 14.4. The minimum absolute atomic E-state index is 0.0468. The van der Waals surface area contributed by atoms with Crippen LogP contribution >= 0.6 is 0 Å². The van der Waals surface area contributed by atoms with E-state index in [4.69, 9.17) is 5.11 Å². The van der Waals surface area contributed by atoms with Crippen LogP contribution in [0.3, 0.4) is 0 Å². The van der Waals surface area contributed by atoms with Crippen LogP contribution in [-0.2, 0) is 17.6 Å². The molecule has 1 aliphatic carbocycles. The fraction of sp³-hybridized carbons (Fsp3) is 0.467. The van der Waals surface area contributed by atoms with E-state index in [-0.39, 0.29) is 24.5 Å². The van der Waals surface area contributed by atoms with Gasteiger partial charge < -0.3 is 15.7 Å². The molecule has 3 N–H and O–H groups in total. The SMILES string of the molecule is CCC(CC(=O)O)NC(=O)NC1Cc2ccccc2C1. The van der Waals surface area contributed by atoms with E-state index in [0.717, 1.165) is 12.8 Å². The monoisotopic (exact) mass is 276 g/mol. The van der Waals surface area contributed by atoms with Gasteiger partial charge in [-0.2, -0.15) is 0 Å². The molecule has 5 nitrogen and oxygen atoms in total. The van der Waals surface area contributed by atoms with Crippen LogP contribution in [0.25, 0.3) is 0 Å². The number of hydrogen-bond donors (Lipinski definition) is 3. The summed E-state index contributed by atoms with van der Waals surface area (Å²) in [5.74, 6) is -0.898. The van der Waals surface area contributed by atoms with Gasteiger partial charge in [0.15, 0.2) is 0 Å². The number of carbonyl (C=O) groups excluding carboxylic acids is 1. The molecule has 1 atom stereocenters. The number of carboxylic acid groups (broad SMARTS) is 1. The quantitative estimate of drug-likeness (QED) is 0.766. The molecule has 0 radical (unpaired) electrons. The Morgan fingerprint density at radius 2 is 1.90 bits per heavy atom. The fourth-order valence-corrected chi connectivity index (χ4v) is 2.58. The second-order valence-corrected chi connectivity index (χ2v) is 5.19. The molecule has 0 heterocycles. The van der Waals surface area contributed by atoms with Crippen molar-refractivity contribution in [2.75, 3.05) is 0 Å². The van der Waals surface area contributed by atoms with Gasteiger partial charge >= 0.3 is 12.0 Å². The summed E-state index contributed by atoms with van der Waals surface area (Å²) in [5.41, 5.74) is 2.55. The summed E-state index contributed by atoms with van der Waals surface area (Å²) in [4.78, 5) is 22.6. The lowest BCUT2D eigenvalue weighted by molar-refractivity contribution is -0.137. The van der Waals surface area contributed by atoms with Crippen LogP contribution in [0.15, 0.2) is 24.3 Å². The zero-order valence-corrected chi connectivity index (χ0v) is 11.6. The molecule has 108 valence electrons. The largest absolute Gasteiger partial charge is 0.481 e. The molecule has 1 unspecified atom stereocenters. The van der Waals surface area contributed by atoms with Gasteiger partial charge in [-0.3, -0.25) is 4.79 Å². The highest BCUT2D eigenvalue weighted by atomic mass is 16.4. The van der Waals surface area contributed by atoms with Gasteiger partial charge in [0.25, 0.3) is 0 Å². The summed E-state index contributed by atoms with van der Waals surface area (Å²) in [7, 11) is 0. The van der Waals surface area contributed by atoms with Gasteiger partial charge in [-0.15, -0.1) is 0 Å². The van der Waals surface area contributed by atoms with Crippen LogP contribution in [0.1, 0.15) is 30.9 Å². The van der Waals surface area contributed by atoms with Crippen molar-refractivity contribution in [3.63, 3.8) is 0 Å². The molecule has 5 heteroatoms. The van der Waals surface area contributed by atoms with Crippen molar-refractivity contribution in [1.29, 1.82) is 0 Å². The summed E-state index contributed by atoms with van der Waals surface area (Å²) < 4.78 is 0. The second-order valence-electron chi connectivity index (χ2n) is 5.19. The maximum absolute atomic E-state index is 11.9. The van der Waals surface area contributed by atoms with Gasteiger partial charge in [0, 0.05) is 12.1 Å². The zero-order valence-electron chi connectivity index (χ0n) is 11.6. The van der Waals surface area contributed by atoms with Crippen molar-refractivity contribution >= 4 is 12.0 Å². The van der Waals surface area contributed by atoms with Crippen LogP contribution in [0.5, 0.6) is 0 Å². The first kappa shape index (κ1) is 14.4. The highest BCUT2D eigenvalue weighted by Gasteiger charge is 2.23. The molecule has 0 spiro atoms. The molecule has 0 fully saturated rings. The highest BCUT2D eigenvalue weighted by molar-refractivity contribution is 5.76. The summed E-state index contributed by atoms with van der Waals surface area (Å²) in [6.45, 7) is 1.86. The van der Waals surface area contributed by atoms with Gasteiger partial charge in [-0.1, -0.05) is 31.2 Å². The van der Waals surface area contributed by atoms with Gasteiger partial charge in [0.05, 0.1) is 6.42 Å². The van der Waals surface area contributed by atoms with E-state index in [2.05, 4.69) is 22.8 Å². The Morgan fingerprint density at radius 3 is 2.40 bits per heavy atom. The minimum Gasteiger partial charge on any atom is -0.481 e. The van der Waals surface area contributed by atoms with Gasteiger partial charge in [-0.25, -0.2) is 4.79 Å². The predicted octanol–water partition coefficient (Wildman–Crippen LogP) is 1.71. The third-order valence-electron chi connectivity index (χ3n) is 3.64. The van der Waals surface area contributed by atoms with Gasteiger partial charge in [0.1, 0.15) is 0 Å². The topological polar surface area (TPSA) is 78.4 Å². The normalized spacial score (nSPS) is 15.4. The van der Waals surface area contributed by atoms with Crippen LogP contribution in [0.2, 0.25) is 0 Å².